The van der Waals surface area contributed by atoms with E-state index >= 15 is 0 Å². The van der Waals surface area contributed by atoms with E-state index in [-0.39, 0.29) is 6.54 Å². The molecule has 1 aliphatic heterocycles. The molecule has 4 N–H and O–H groups in total. The van der Waals surface area contributed by atoms with Crippen LogP contribution in [0.5, 0.6) is 11.5 Å². The van der Waals surface area contributed by atoms with Gasteiger partial charge >= 0.3 is 6.09 Å². The van der Waals surface area contributed by atoms with Gasteiger partial charge in [0.1, 0.15) is 6.04 Å². The fourth-order valence-corrected chi connectivity index (χ4v) is 2.75. The molecular weight excluding hydrogens is 320 g/mol. The average molecular weight is 340 g/mol. The molecular formula is C15H20N2O7. The minimum atomic E-state index is -1.37. The molecule has 0 aliphatic carbocycles. The zero-order chi connectivity index (χ0) is 17.9. The number of methoxy groups -OCH3 is 2. The molecule has 0 bridgehead atoms. The number of aliphatic hydroxyl groups is 2. The van der Waals surface area contributed by atoms with Gasteiger partial charge in [-0.05, 0) is 17.7 Å². The molecule has 2 amide bonds. The van der Waals surface area contributed by atoms with Gasteiger partial charge in [0.15, 0.2) is 11.5 Å². The highest BCUT2D eigenvalue weighted by atomic mass is 16.5. The molecule has 9 heteroatoms. The van der Waals surface area contributed by atoms with E-state index in [1.165, 1.54) is 19.1 Å². The molecule has 1 heterocycles. The maximum Gasteiger partial charge on any atom is 0.405 e. The molecule has 2 rings (SSSR count). The van der Waals surface area contributed by atoms with Gasteiger partial charge in [-0.15, -0.1) is 0 Å². The number of carboxylic acid groups (broad SMARTS) is 1. The molecule has 0 radical (unpaired) electrons. The van der Waals surface area contributed by atoms with E-state index in [1.54, 1.807) is 18.2 Å². The molecule has 0 aromatic heterocycles. The molecule has 1 saturated heterocycles. The van der Waals surface area contributed by atoms with Crippen LogP contribution in [0.4, 0.5) is 4.79 Å². The number of carbonyl (C=O) groups excluding carboxylic acids is 1. The van der Waals surface area contributed by atoms with Gasteiger partial charge in [0.25, 0.3) is 0 Å². The second-order valence-corrected chi connectivity index (χ2v) is 5.32. The van der Waals surface area contributed by atoms with Gasteiger partial charge in [-0.2, -0.15) is 0 Å². The number of benzene rings is 1. The molecule has 1 fully saturated rings. The first kappa shape index (κ1) is 17.8. The third kappa shape index (κ3) is 3.36. The van der Waals surface area contributed by atoms with Crippen LogP contribution in [0.2, 0.25) is 0 Å². The highest BCUT2D eigenvalue weighted by molar-refractivity contribution is 5.92. The number of aliphatic hydroxyl groups excluding tert-OH is 2. The summed E-state index contributed by atoms with van der Waals surface area (Å²) in [6, 6.07) is 3.18. The number of hydrogen-bond donors (Lipinski definition) is 4. The second-order valence-electron chi connectivity index (χ2n) is 5.32. The highest BCUT2D eigenvalue weighted by Crippen LogP contribution is 2.31. The smallest absolute Gasteiger partial charge is 0.405 e. The first-order valence-electron chi connectivity index (χ1n) is 7.22. The van der Waals surface area contributed by atoms with Crippen LogP contribution in [-0.2, 0) is 11.3 Å². The number of amides is 2. The number of nitrogens with one attached hydrogen (secondary N) is 1. The summed E-state index contributed by atoms with van der Waals surface area (Å²) >= 11 is 0. The van der Waals surface area contributed by atoms with Gasteiger partial charge in [-0.25, -0.2) is 4.79 Å². The third-order valence-corrected chi connectivity index (χ3v) is 3.91. The quantitative estimate of drug-likeness (QED) is 0.488. The van der Waals surface area contributed by atoms with Crippen LogP contribution < -0.4 is 14.8 Å². The Bertz CT molecular complexity index is 622. The van der Waals surface area contributed by atoms with E-state index in [2.05, 4.69) is 5.32 Å². The second kappa shape index (κ2) is 7.37. The Balaban J connectivity index is 2.18. The van der Waals surface area contributed by atoms with Crippen LogP contribution in [0.25, 0.3) is 0 Å². The SMILES string of the molecule is COc1ccc(CN2C(=O)[C@@H](NC(=O)O)[C@H]2C(O)CO)cc1OC. The Morgan fingerprint density at radius 1 is 1.33 bits per heavy atom. The standard InChI is InChI=1S/C15H20N2O7/c1-23-10-4-3-8(5-11(10)24-2)6-17-13(9(19)7-18)12(14(17)20)16-15(21)22/h3-5,9,12-13,16,18-19H,6-7H2,1-2H3,(H,21,22)/t9?,12-,13+/m0/s1. The lowest BCUT2D eigenvalue weighted by Crippen LogP contribution is -2.74. The van der Waals surface area contributed by atoms with Crippen molar-refractivity contribution in [2.45, 2.75) is 24.7 Å². The van der Waals surface area contributed by atoms with Crippen molar-refractivity contribution in [3.05, 3.63) is 23.8 Å². The number of ether oxygens (including phenoxy) is 2. The summed E-state index contributed by atoms with van der Waals surface area (Å²) in [5.41, 5.74) is 0.713. The first-order chi connectivity index (χ1) is 11.4. The molecule has 1 unspecified atom stereocenters. The minimum Gasteiger partial charge on any atom is -0.493 e. The van der Waals surface area contributed by atoms with E-state index in [9.17, 15) is 14.7 Å². The van der Waals surface area contributed by atoms with Crippen molar-refractivity contribution in [2.24, 2.45) is 0 Å². The number of carbonyl (C=O) groups is 2. The van der Waals surface area contributed by atoms with Crippen LogP contribution >= 0.6 is 0 Å². The maximum atomic E-state index is 12.2. The Hall–Kier alpha value is -2.52. The summed E-state index contributed by atoms with van der Waals surface area (Å²) in [7, 11) is 2.99. The summed E-state index contributed by atoms with van der Waals surface area (Å²) < 4.78 is 10.3. The lowest BCUT2D eigenvalue weighted by molar-refractivity contribution is -0.161. The lowest BCUT2D eigenvalue weighted by atomic mass is 9.89. The normalized spacial score (nSPS) is 21.0. The minimum absolute atomic E-state index is 0.138. The summed E-state index contributed by atoms with van der Waals surface area (Å²) in [6.45, 7) is -0.448. The van der Waals surface area contributed by atoms with Crippen molar-refractivity contribution in [3.63, 3.8) is 0 Å². The van der Waals surface area contributed by atoms with E-state index in [0.29, 0.717) is 17.1 Å². The van der Waals surface area contributed by atoms with Gasteiger partial charge in [-0.1, -0.05) is 6.07 Å². The Morgan fingerprint density at radius 2 is 2.00 bits per heavy atom. The lowest BCUT2D eigenvalue weighted by Gasteiger charge is -2.48. The van der Waals surface area contributed by atoms with Crippen molar-refractivity contribution in [1.82, 2.24) is 10.2 Å². The van der Waals surface area contributed by atoms with Crippen LogP contribution in [-0.4, -0.2) is 71.2 Å². The maximum absolute atomic E-state index is 12.2. The third-order valence-electron chi connectivity index (χ3n) is 3.91. The van der Waals surface area contributed by atoms with Gasteiger partial charge in [0.05, 0.1) is 33.0 Å². The van der Waals surface area contributed by atoms with Crippen LogP contribution in [0.15, 0.2) is 18.2 Å². The number of likely N-dealkylation sites (tertiary alicyclic amines) is 1. The molecule has 9 nitrogen and oxygen atoms in total. The van der Waals surface area contributed by atoms with Crippen LogP contribution in [0.3, 0.4) is 0 Å². The molecule has 1 aromatic rings. The van der Waals surface area contributed by atoms with Crippen molar-refractivity contribution in [1.29, 1.82) is 0 Å². The Morgan fingerprint density at radius 3 is 2.54 bits per heavy atom. The molecule has 0 spiro atoms. The van der Waals surface area contributed by atoms with Crippen molar-refractivity contribution in [2.75, 3.05) is 20.8 Å². The number of hydrogen-bond acceptors (Lipinski definition) is 6. The predicted octanol–water partition coefficient (Wildman–Crippen LogP) is -0.596. The summed E-state index contributed by atoms with van der Waals surface area (Å²) in [5.74, 6) is 0.556. The highest BCUT2D eigenvalue weighted by Gasteiger charge is 2.51. The van der Waals surface area contributed by atoms with Gasteiger partial charge < -0.3 is 35.0 Å². The zero-order valence-electron chi connectivity index (χ0n) is 13.3. The van der Waals surface area contributed by atoms with Gasteiger partial charge in [0, 0.05) is 6.54 Å². The molecule has 24 heavy (non-hydrogen) atoms. The zero-order valence-corrected chi connectivity index (χ0v) is 13.3. The fourth-order valence-electron chi connectivity index (χ4n) is 2.75. The first-order valence-corrected chi connectivity index (χ1v) is 7.22. The van der Waals surface area contributed by atoms with Crippen LogP contribution in [0, 0.1) is 0 Å². The number of β-lactam (4-membered cyclic amide) rings is 1. The number of rotatable bonds is 7. The summed E-state index contributed by atoms with van der Waals surface area (Å²) in [6.07, 6.45) is -2.62. The largest absolute Gasteiger partial charge is 0.493 e. The Labute approximate surface area is 138 Å². The molecule has 1 aliphatic rings. The average Bonchev–Trinajstić information content (AvgIpc) is 2.59. The monoisotopic (exact) mass is 340 g/mol. The summed E-state index contributed by atoms with van der Waals surface area (Å²) in [5, 5.41) is 29.9. The molecule has 1 aromatic carbocycles. The summed E-state index contributed by atoms with van der Waals surface area (Å²) in [4.78, 5) is 24.2. The topological polar surface area (TPSA) is 129 Å². The number of nitrogens with zero attached hydrogens (tertiary/aromatic N) is 1. The molecule has 3 atom stereocenters. The van der Waals surface area contributed by atoms with Gasteiger partial charge in [-0.3, -0.25) is 4.79 Å². The van der Waals surface area contributed by atoms with Crippen molar-refractivity contribution in [3.8, 4) is 11.5 Å². The van der Waals surface area contributed by atoms with E-state index < -0.39 is 36.8 Å². The molecule has 0 saturated carbocycles. The Kier molecular flexibility index (Phi) is 5.47. The van der Waals surface area contributed by atoms with Gasteiger partial charge in [0.2, 0.25) is 5.91 Å². The van der Waals surface area contributed by atoms with E-state index in [1.807, 2.05) is 0 Å². The van der Waals surface area contributed by atoms with E-state index in [0.717, 1.165) is 0 Å². The van der Waals surface area contributed by atoms with Crippen molar-refractivity contribution >= 4 is 12.0 Å². The van der Waals surface area contributed by atoms with Crippen LogP contribution in [0.1, 0.15) is 5.56 Å². The fraction of sp³-hybridized carbons (Fsp3) is 0.467. The predicted molar refractivity (Wildman–Crippen MR) is 81.9 cm³/mol. The van der Waals surface area contributed by atoms with E-state index in [4.69, 9.17) is 19.7 Å². The van der Waals surface area contributed by atoms with Crippen molar-refractivity contribution < 1.29 is 34.4 Å². The molecule has 132 valence electrons.